The predicted octanol–water partition coefficient (Wildman–Crippen LogP) is 0.522. The number of hydrogen-bond acceptors (Lipinski definition) is 3. The predicted molar refractivity (Wildman–Crippen MR) is 50.6 cm³/mol. The quantitative estimate of drug-likeness (QED) is 0.649. The van der Waals surface area contributed by atoms with Crippen molar-refractivity contribution in [3.8, 4) is 0 Å². The molecule has 0 rings (SSSR count). The normalized spacial score (nSPS) is 16.7. The molecule has 0 heterocycles. The number of carbonyl (C=O) groups excluding carboxylic acids is 1. The molecule has 3 heteroatoms. The Morgan fingerprint density at radius 3 is 1.33 bits per heavy atom. The fraction of sp³-hybridized carbons (Fsp3) is 0.889. The summed E-state index contributed by atoms with van der Waals surface area (Å²) in [4.78, 5) is 11.5. The van der Waals surface area contributed by atoms with E-state index >= 15 is 0 Å². The highest BCUT2D eigenvalue weighted by Crippen LogP contribution is 2.06. The number of hydrogen-bond donors (Lipinski definition) is 2. The molecule has 72 valence electrons. The fourth-order valence-electron chi connectivity index (χ4n) is 0.879. The third-order valence-electron chi connectivity index (χ3n) is 2.09. The fourth-order valence-corrected chi connectivity index (χ4v) is 0.879. The van der Waals surface area contributed by atoms with E-state index in [1.165, 1.54) is 0 Å². The van der Waals surface area contributed by atoms with Crippen LogP contribution in [0.4, 0.5) is 0 Å². The summed E-state index contributed by atoms with van der Waals surface area (Å²) in [6.07, 6.45) is 0. The molecule has 0 radical (unpaired) electrons. The standard InChI is InChI=1S/C9H20N2O/c1-5(2)7(10)9(12)8(11)6(3)4/h5-8H,10-11H2,1-4H3. The van der Waals surface area contributed by atoms with Crippen LogP contribution in [0.5, 0.6) is 0 Å². The number of carbonyl (C=O) groups is 1. The lowest BCUT2D eigenvalue weighted by molar-refractivity contribution is -0.123. The number of rotatable bonds is 4. The van der Waals surface area contributed by atoms with Crippen LogP contribution in [0.3, 0.4) is 0 Å². The van der Waals surface area contributed by atoms with Crippen molar-refractivity contribution in [3.63, 3.8) is 0 Å². The zero-order valence-electron chi connectivity index (χ0n) is 8.37. The van der Waals surface area contributed by atoms with E-state index in [-0.39, 0.29) is 17.6 Å². The van der Waals surface area contributed by atoms with E-state index in [0.29, 0.717) is 0 Å². The van der Waals surface area contributed by atoms with Gasteiger partial charge in [0.15, 0.2) is 5.78 Å². The van der Waals surface area contributed by atoms with Crippen LogP contribution in [0.25, 0.3) is 0 Å². The lowest BCUT2D eigenvalue weighted by Gasteiger charge is -2.21. The zero-order valence-corrected chi connectivity index (χ0v) is 8.37. The van der Waals surface area contributed by atoms with Gasteiger partial charge in [-0.3, -0.25) is 4.79 Å². The van der Waals surface area contributed by atoms with Gasteiger partial charge in [-0.15, -0.1) is 0 Å². The van der Waals surface area contributed by atoms with Crippen molar-refractivity contribution >= 4 is 5.78 Å². The number of ketones is 1. The first-order chi connectivity index (χ1) is 5.37. The van der Waals surface area contributed by atoms with E-state index in [9.17, 15) is 4.79 Å². The Balaban J connectivity index is 4.19. The van der Waals surface area contributed by atoms with Crippen LogP contribution in [0.2, 0.25) is 0 Å². The SMILES string of the molecule is CC(C)C(N)C(=O)C(N)C(C)C. The van der Waals surface area contributed by atoms with Gasteiger partial charge < -0.3 is 11.5 Å². The van der Waals surface area contributed by atoms with Gasteiger partial charge in [0.05, 0.1) is 12.1 Å². The monoisotopic (exact) mass is 172 g/mol. The van der Waals surface area contributed by atoms with Crippen molar-refractivity contribution in [2.45, 2.75) is 39.8 Å². The molecule has 0 aliphatic heterocycles. The maximum atomic E-state index is 11.5. The van der Waals surface area contributed by atoms with Gasteiger partial charge in [0.2, 0.25) is 0 Å². The number of Topliss-reactive ketones (excluding diaryl/α,β-unsaturated/α-hetero) is 1. The van der Waals surface area contributed by atoms with E-state index in [0.717, 1.165) is 0 Å². The van der Waals surface area contributed by atoms with Crippen LogP contribution in [-0.4, -0.2) is 17.9 Å². The minimum Gasteiger partial charge on any atom is -0.321 e. The number of nitrogens with two attached hydrogens (primary N) is 2. The largest absolute Gasteiger partial charge is 0.321 e. The lowest BCUT2D eigenvalue weighted by Crippen LogP contribution is -2.48. The van der Waals surface area contributed by atoms with Crippen molar-refractivity contribution in [1.82, 2.24) is 0 Å². The van der Waals surface area contributed by atoms with Crippen LogP contribution in [0.15, 0.2) is 0 Å². The van der Waals surface area contributed by atoms with E-state index in [2.05, 4.69) is 0 Å². The van der Waals surface area contributed by atoms with Gasteiger partial charge in [-0.05, 0) is 11.8 Å². The van der Waals surface area contributed by atoms with Crippen LogP contribution in [-0.2, 0) is 4.79 Å². The highest BCUT2D eigenvalue weighted by molar-refractivity contribution is 5.89. The van der Waals surface area contributed by atoms with Gasteiger partial charge >= 0.3 is 0 Å². The Morgan fingerprint density at radius 1 is 0.917 bits per heavy atom. The molecule has 0 saturated carbocycles. The molecular weight excluding hydrogens is 152 g/mol. The maximum Gasteiger partial charge on any atom is 0.166 e. The summed E-state index contributed by atoms with van der Waals surface area (Å²) in [6, 6.07) is -0.829. The molecule has 0 amide bonds. The van der Waals surface area contributed by atoms with Gasteiger partial charge in [0, 0.05) is 0 Å². The molecule has 0 saturated heterocycles. The molecule has 0 aromatic rings. The average molecular weight is 172 g/mol. The summed E-state index contributed by atoms with van der Waals surface area (Å²) in [5.41, 5.74) is 11.3. The van der Waals surface area contributed by atoms with Crippen molar-refractivity contribution in [3.05, 3.63) is 0 Å². The van der Waals surface area contributed by atoms with E-state index in [1.807, 2.05) is 27.7 Å². The summed E-state index contributed by atoms with van der Waals surface area (Å²) in [6.45, 7) is 7.70. The lowest BCUT2D eigenvalue weighted by atomic mass is 9.91. The summed E-state index contributed by atoms with van der Waals surface area (Å²) >= 11 is 0. The summed E-state index contributed by atoms with van der Waals surface area (Å²) in [5, 5.41) is 0. The van der Waals surface area contributed by atoms with Gasteiger partial charge in [-0.1, -0.05) is 27.7 Å². The molecule has 2 unspecified atom stereocenters. The summed E-state index contributed by atoms with van der Waals surface area (Å²) in [7, 11) is 0. The second kappa shape index (κ2) is 4.58. The van der Waals surface area contributed by atoms with Gasteiger partial charge in [0.25, 0.3) is 0 Å². The van der Waals surface area contributed by atoms with Crippen molar-refractivity contribution in [2.75, 3.05) is 0 Å². The molecule has 3 nitrogen and oxygen atoms in total. The van der Waals surface area contributed by atoms with Crippen LogP contribution in [0.1, 0.15) is 27.7 Å². The first-order valence-corrected chi connectivity index (χ1v) is 4.42. The average Bonchev–Trinajstić information content (AvgIpc) is 2.00. The molecule has 0 spiro atoms. The van der Waals surface area contributed by atoms with Crippen molar-refractivity contribution in [2.24, 2.45) is 23.3 Å². The molecule has 4 N–H and O–H groups in total. The van der Waals surface area contributed by atoms with Gasteiger partial charge in [-0.2, -0.15) is 0 Å². The highest BCUT2D eigenvalue weighted by atomic mass is 16.1. The van der Waals surface area contributed by atoms with Crippen LogP contribution >= 0.6 is 0 Å². The summed E-state index contributed by atoms with van der Waals surface area (Å²) in [5.74, 6) is 0.310. The van der Waals surface area contributed by atoms with E-state index in [4.69, 9.17) is 11.5 Å². The van der Waals surface area contributed by atoms with Gasteiger partial charge in [-0.25, -0.2) is 0 Å². The Morgan fingerprint density at radius 2 is 1.17 bits per heavy atom. The molecule has 0 fully saturated rings. The molecule has 2 atom stereocenters. The third-order valence-corrected chi connectivity index (χ3v) is 2.09. The van der Waals surface area contributed by atoms with E-state index < -0.39 is 12.1 Å². The highest BCUT2D eigenvalue weighted by Gasteiger charge is 2.25. The molecule has 0 aliphatic rings. The van der Waals surface area contributed by atoms with E-state index in [1.54, 1.807) is 0 Å². The van der Waals surface area contributed by atoms with Gasteiger partial charge in [0.1, 0.15) is 0 Å². The second-order valence-corrected chi connectivity index (χ2v) is 3.94. The Bertz CT molecular complexity index is 139. The maximum absolute atomic E-state index is 11.5. The Hall–Kier alpha value is -0.410. The zero-order chi connectivity index (χ0) is 9.89. The summed E-state index contributed by atoms with van der Waals surface area (Å²) < 4.78 is 0. The minimum atomic E-state index is -0.414. The van der Waals surface area contributed by atoms with Crippen LogP contribution < -0.4 is 11.5 Å². The molecule has 0 aliphatic carbocycles. The Labute approximate surface area is 74.5 Å². The van der Waals surface area contributed by atoms with Crippen molar-refractivity contribution in [1.29, 1.82) is 0 Å². The van der Waals surface area contributed by atoms with Crippen LogP contribution in [0, 0.1) is 11.8 Å². The first-order valence-electron chi connectivity index (χ1n) is 4.42. The molecule has 0 aromatic heterocycles. The molecule has 0 bridgehead atoms. The first kappa shape index (κ1) is 11.6. The smallest absolute Gasteiger partial charge is 0.166 e. The topological polar surface area (TPSA) is 69.1 Å². The third kappa shape index (κ3) is 2.91. The molecule has 0 aromatic carbocycles. The minimum absolute atomic E-state index is 0.0278. The Kier molecular flexibility index (Phi) is 4.42. The second-order valence-electron chi connectivity index (χ2n) is 3.94. The molecule has 12 heavy (non-hydrogen) atoms. The van der Waals surface area contributed by atoms with Crippen molar-refractivity contribution < 1.29 is 4.79 Å². The molecular formula is C9H20N2O.